The molecule has 1 aliphatic heterocycles. The van der Waals surface area contributed by atoms with E-state index in [0.29, 0.717) is 0 Å². The lowest BCUT2D eigenvalue weighted by molar-refractivity contribution is 0.589. The van der Waals surface area contributed by atoms with Crippen molar-refractivity contribution in [3.63, 3.8) is 0 Å². The molecular formula is C20H26N4. The number of anilines is 2. The van der Waals surface area contributed by atoms with Gasteiger partial charge in [-0.15, -0.1) is 0 Å². The highest BCUT2D eigenvalue weighted by atomic mass is 15.2. The smallest absolute Gasteiger partial charge is 0.137 e. The number of aromatic nitrogens is 1. The van der Waals surface area contributed by atoms with E-state index in [2.05, 4.69) is 71.0 Å². The van der Waals surface area contributed by atoms with Gasteiger partial charge in [0.25, 0.3) is 0 Å². The van der Waals surface area contributed by atoms with Crippen molar-refractivity contribution in [2.45, 2.75) is 13.5 Å². The zero-order valence-electron chi connectivity index (χ0n) is 14.6. The molecule has 0 radical (unpaired) electrons. The van der Waals surface area contributed by atoms with Gasteiger partial charge in [0.2, 0.25) is 0 Å². The van der Waals surface area contributed by atoms with Crippen LogP contribution in [0, 0.1) is 6.92 Å². The first-order valence-electron chi connectivity index (χ1n) is 8.53. The average Bonchev–Trinajstić information content (AvgIpc) is 2.63. The lowest BCUT2D eigenvalue weighted by atomic mass is 10.1. The average molecular weight is 322 g/mol. The van der Waals surface area contributed by atoms with Crippen LogP contribution in [0.2, 0.25) is 0 Å². The maximum absolute atomic E-state index is 4.63. The van der Waals surface area contributed by atoms with Gasteiger partial charge in [0, 0.05) is 57.2 Å². The molecule has 2 aromatic rings. The van der Waals surface area contributed by atoms with Crippen LogP contribution in [0.4, 0.5) is 11.5 Å². The molecule has 0 aliphatic carbocycles. The van der Waals surface area contributed by atoms with Crippen molar-refractivity contribution in [3.05, 3.63) is 59.8 Å². The van der Waals surface area contributed by atoms with Crippen LogP contribution in [0.1, 0.15) is 16.7 Å². The van der Waals surface area contributed by atoms with Crippen LogP contribution < -0.4 is 15.1 Å². The molecule has 0 bridgehead atoms. The van der Waals surface area contributed by atoms with Crippen molar-refractivity contribution < 1.29 is 0 Å². The van der Waals surface area contributed by atoms with Gasteiger partial charge in [0.15, 0.2) is 0 Å². The lowest BCUT2D eigenvalue weighted by Gasteiger charge is -2.32. The fraction of sp³-hybridized carbons (Fsp3) is 0.350. The van der Waals surface area contributed by atoms with Crippen LogP contribution in [0.3, 0.4) is 0 Å². The van der Waals surface area contributed by atoms with E-state index in [1.165, 1.54) is 16.8 Å². The largest absolute Gasteiger partial charge is 0.368 e. The Labute approximate surface area is 144 Å². The summed E-state index contributed by atoms with van der Waals surface area (Å²) >= 11 is 0. The molecule has 4 heteroatoms. The highest BCUT2D eigenvalue weighted by Crippen LogP contribution is 2.29. The number of rotatable bonds is 5. The summed E-state index contributed by atoms with van der Waals surface area (Å²) < 4.78 is 0. The summed E-state index contributed by atoms with van der Waals surface area (Å²) in [4.78, 5) is 9.25. The first-order chi connectivity index (χ1) is 11.7. The molecule has 0 spiro atoms. The summed E-state index contributed by atoms with van der Waals surface area (Å²) in [6, 6.07) is 10.8. The van der Waals surface area contributed by atoms with Crippen LogP contribution in [0.5, 0.6) is 0 Å². The molecule has 4 nitrogen and oxygen atoms in total. The predicted octanol–water partition coefficient (Wildman–Crippen LogP) is 3.08. The lowest BCUT2D eigenvalue weighted by Crippen LogP contribution is -2.43. The number of pyridine rings is 1. The summed E-state index contributed by atoms with van der Waals surface area (Å²) in [5, 5.41) is 3.40. The number of aryl methyl sites for hydroxylation is 1. The fourth-order valence-electron chi connectivity index (χ4n) is 3.18. The molecule has 3 rings (SSSR count). The van der Waals surface area contributed by atoms with Crippen molar-refractivity contribution in [2.24, 2.45) is 0 Å². The molecule has 126 valence electrons. The molecule has 1 fully saturated rings. The Morgan fingerprint density at radius 3 is 2.58 bits per heavy atom. The summed E-state index contributed by atoms with van der Waals surface area (Å²) in [6.07, 6.45) is 3.84. The van der Waals surface area contributed by atoms with E-state index in [-0.39, 0.29) is 0 Å². The van der Waals surface area contributed by atoms with Gasteiger partial charge in [-0.3, -0.25) is 0 Å². The van der Waals surface area contributed by atoms with Crippen LogP contribution in [0.25, 0.3) is 6.08 Å². The van der Waals surface area contributed by atoms with Gasteiger partial charge in [0.1, 0.15) is 5.82 Å². The van der Waals surface area contributed by atoms with Crippen molar-refractivity contribution in [1.29, 1.82) is 0 Å². The topological polar surface area (TPSA) is 31.4 Å². The molecule has 0 saturated carbocycles. The Morgan fingerprint density at radius 1 is 1.21 bits per heavy atom. The molecule has 0 unspecified atom stereocenters. The van der Waals surface area contributed by atoms with Gasteiger partial charge in [-0.05, 0) is 18.6 Å². The maximum Gasteiger partial charge on any atom is 0.137 e. The van der Waals surface area contributed by atoms with Crippen LogP contribution in [-0.4, -0.2) is 38.2 Å². The maximum atomic E-state index is 4.63. The summed E-state index contributed by atoms with van der Waals surface area (Å²) in [5.41, 5.74) is 4.92. The number of nitrogens with one attached hydrogen (secondary N) is 1. The molecule has 1 aromatic heterocycles. The molecule has 1 aliphatic rings. The monoisotopic (exact) mass is 322 g/mol. The van der Waals surface area contributed by atoms with E-state index >= 15 is 0 Å². The molecule has 0 amide bonds. The van der Waals surface area contributed by atoms with Crippen molar-refractivity contribution in [2.75, 3.05) is 43.0 Å². The molecule has 1 saturated heterocycles. The Hall–Kier alpha value is -2.33. The van der Waals surface area contributed by atoms with Gasteiger partial charge in [0.05, 0.1) is 0 Å². The first kappa shape index (κ1) is 16.5. The van der Waals surface area contributed by atoms with Gasteiger partial charge >= 0.3 is 0 Å². The molecule has 24 heavy (non-hydrogen) atoms. The predicted molar refractivity (Wildman–Crippen MR) is 103 cm³/mol. The van der Waals surface area contributed by atoms with E-state index < -0.39 is 0 Å². The molecule has 2 heterocycles. The van der Waals surface area contributed by atoms with Crippen molar-refractivity contribution >= 4 is 17.6 Å². The minimum Gasteiger partial charge on any atom is -0.368 e. The standard InChI is InChI=1S/C20H26N4/c1-4-18-19(24-13-11-21-12-14-24)9-10-22-20(18)23(3)15-17-7-5-16(2)6-8-17/h4-10,21H,1,11-15H2,2-3H3. The second-order valence-electron chi connectivity index (χ2n) is 6.35. The third-order valence-corrected chi connectivity index (χ3v) is 4.51. The van der Waals surface area contributed by atoms with Crippen LogP contribution >= 0.6 is 0 Å². The Bertz CT molecular complexity index is 687. The second-order valence-corrected chi connectivity index (χ2v) is 6.35. The zero-order valence-corrected chi connectivity index (χ0v) is 14.6. The Kier molecular flexibility index (Phi) is 5.16. The zero-order chi connectivity index (χ0) is 16.9. The van der Waals surface area contributed by atoms with E-state index in [0.717, 1.165) is 44.1 Å². The van der Waals surface area contributed by atoms with Gasteiger partial charge in [-0.2, -0.15) is 0 Å². The number of benzene rings is 1. The van der Waals surface area contributed by atoms with E-state index in [1.807, 2.05) is 12.3 Å². The quantitative estimate of drug-likeness (QED) is 0.917. The van der Waals surface area contributed by atoms with Crippen LogP contribution in [0.15, 0.2) is 43.1 Å². The van der Waals surface area contributed by atoms with Crippen LogP contribution in [-0.2, 0) is 6.54 Å². The van der Waals surface area contributed by atoms with E-state index in [9.17, 15) is 0 Å². The third-order valence-electron chi connectivity index (χ3n) is 4.51. The van der Waals surface area contributed by atoms with Crippen molar-refractivity contribution in [1.82, 2.24) is 10.3 Å². The SMILES string of the molecule is C=Cc1c(N2CCNCC2)ccnc1N(C)Cc1ccc(C)cc1. The minimum absolute atomic E-state index is 0.832. The Balaban J connectivity index is 1.86. The number of nitrogens with zero attached hydrogens (tertiary/aromatic N) is 3. The third kappa shape index (κ3) is 3.60. The van der Waals surface area contributed by atoms with Gasteiger partial charge in [-0.1, -0.05) is 42.5 Å². The van der Waals surface area contributed by atoms with Gasteiger partial charge in [-0.25, -0.2) is 4.98 Å². The number of hydrogen-bond donors (Lipinski definition) is 1. The minimum atomic E-state index is 0.832. The summed E-state index contributed by atoms with van der Waals surface area (Å²) in [7, 11) is 2.09. The first-order valence-corrected chi connectivity index (χ1v) is 8.53. The highest BCUT2D eigenvalue weighted by molar-refractivity contribution is 5.76. The molecular weight excluding hydrogens is 296 g/mol. The second kappa shape index (κ2) is 7.49. The molecule has 1 N–H and O–H groups in total. The normalized spacial score (nSPS) is 14.5. The summed E-state index contributed by atoms with van der Waals surface area (Å²) in [5.74, 6) is 0.988. The fourth-order valence-corrected chi connectivity index (χ4v) is 3.18. The van der Waals surface area contributed by atoms with E-state index in [1.54, 1.807) is 0 Å². The number of piperazine rings is 1. The molecule has 0 atom stereocenters. The highest BCUT2D eigenvalue weighted by Gasteiger charge is 2.17. The molecule has 1 aromatic carbocycles. The summed E-state index contributed by atoms with van der Waals surface area (Å²) in [6.45, 7) is 11.1. The Morgan fingerprint density at radius 2 is 1.92 bits per heavy atom. The van der Waals surface area contributed by atoms with Gasteiger partial charge < -0.3 is 15.1 Å². The van der Waals surface area contributed by atoms with E-state index in [4.69, 9.17) is 0 Å². The number of hydrogen-bond acceptors (Lipinski definition) is 4. The van der Waals surface area contributed by atoms with Crippen molar-refractivity contribution in [3.8, 4) is 0 Å².